The van der Waals surface area contributed by atoms with Crippen LogP contribution in [0.2, 0.25) is 0 Å². The molecule has 0 spiro atoms. The highest BCUT2D eigenvalue weighted by atomic mass is 32.2. The number of carbonyl (C=O) groups is 1. The van der Waals surface area contributed by atoms with Crippen molar-refractivity contribution in [2.75, 3.05) is 32.1 Å². The number of thiazole rings is 1. The predicted octanol–water partition coefficient (Wildman–Crippen LogP) is 2.78. The van der Waals surface area contributed by atoms with E-state index in [1.54, 1.807) is 23.1 Å². The normalized spacial score (nSPS) is 16.4. The molecule has 0 atom stereocenters. The van der Waals surface area contributed by atoms with Gasteiger partial charge >= 0.3 is 0 Å². The van der Waals surface area contributed by atoms with E-state index in [0.717, 1.165) is 28.9 Å². The molecule has 112 valence electrons. The molecule has 1 aromatic rings. The summed E-state index contributed by atoms with van der Waals surface area (Å²) in [5.41, 5.74) is 1.23. The Morgan fingerprint density at radius 2 is 2.15 bits per heavy atom. The molecule has 1 fully saturated rings. The summed E-state index contributed by atoms with van der Waals surface area (Å²) in [6, 6.07) is 0. The Balaban J connectivity index is 1.75. The monoisotopic (exact) mass is 314 g/mol. The van der Waals surface area contributed by atoms with Crippen LogP contribution < -0.4 is 0 Å². The fraction of sp³-hybridized carbons (Fsp3) is 0.714. The summed E-state index contributed by atoms with van der Waals surface area (Å²) in [6.45, 7) is 9.29. The number of carbonyl (C=O) groups excluding carboxylic acids is 1. The molecule has 0 aliphatic carbocycles. The van der Waals surface area contributed by atoms with E-state index in [-0.39, 0.29) is 11.3 Å². The van der Waals surface area contributed by atoms with E-state index in [4.69, 9.17) is 4.74 Å². The van der Waals surface area contributed by atoms with E-state index in [1.165, 1.54) is 0 Å². The lowest BCUT2D eigenvalue weighted by molar-refractivity contribution is -0.134. The maximum Gasteiger partial charge on any atom is 0.223 e. The van der Waals surface area contributed by atoms with Crippen molar-refractivity contribution in [2.45, 2.75) is 36.9 Å². The summed E-state index contributed by atoms with van der Waals surface area (Å²) < 4.78 is 6.31. The lowest BCUT2D eigenvalue weighted by atomic mass is 9.93. The van der Waals surface area contributed by atoms with Crippen LogP contribution in [-0.4, -0.2) is 47.8 Å². The molecule has 0 unspecified atom stereocenters. The Hall–Kier alpha value is -0.590. The minimum absolute atomic E-state index is 0.0962. The van der Waals surface area contributed by atoms with Crippen molar-refractivity contribution >= 4 is 29.0 Å². The molecule has 1 aromatic heterocycles. The largest absolute Gasteiger partial charge is 0.378 e. The molecule has 0 bridgehead atoms. The van der Waals surface area contributed by atoms with Gasteiger partial charge in [-0.1, -0.05) is 32.5 Å². The van der Waals surface area contributed by atoms with Crippen LogP contribution in [0, 0.1) is 0 Å². The van der Waals surface area contributed by atoms with Gasteiger partial charge in [-0.05, 0) is 0 Å². The van der Waals surface area contributed by atoms with Crippen LogP contribution in [0.3, 0.4) is 0 Å². The molecule has 1 aliphatic rings. The van der Waals surface area contributed by atoms with Crippen molar-refractivity contribution in [3.05, 3.63) is 11.1 Å². The van der Waals surface area contributed by atoms with Crippen LogP contribution in [0.1, 0.15) is 32.9 Å². The number of rotatable bonds is 4. The number of nitrogens with zero attached hydrogens (tertiary/aromatic N) is 2. The molecule has 2 heterocycles. The van der Waals surface area contributed by atoms with Gasteiger partial charge in [-0.3, -0.25) is 4.79 Å². The Kier molecular flexibility index (Phi) is 5.46. The molecule has 20 heavy (non-hydrogen) atoms. The highest BCUT2D eigenvalue weighted by Crippen LogP contribution is 2.29. The second kappa shape index (κ2) is 6.91. The van der Waals surface area contributed by atoms with Crippen molar-refractivity contribution in [1.82, 2.24) is 9.88 Å². The summed E-state index contributed by atoms with van der Waals surface area (Å²) in [7, 11) is 0. The fourth-order valence-corrected chi connectivity index (χ4v) is 3.92. The van der Waals surface area contributed by atoms with Gasteiger partial charge in [0.15, 0.2) is 0 Å². The number of amides is 1. The van der Waals surface area contributed by atoms with Gasteiger partial charge in [0, 0.05) is 36.1 Å². The number of morpholine rings is 1. The van der Waals surface area contributed by atoms with E-state index >= 15 is 0 Å². The van der Waals surface area contributed by atoms with Crippen LogP contribution in [0.15, 0.2) is 9.72 Å². The third kappa shape index (κ3) is 4.46. The SMILES string of the molecule is CC(C)(C)c1csc(SCCC(=O)N2CCOCC2)n1. The molecule has 0 N–H and O–H groups in total. The highest BCUT2D eigenvalue weighted by Gasteiger charge is 2.19. The molecule has 1 aliphatic heterocycles. The molecule has 0 saturated carbocycles. The van der Waals surface area contributed by atoms with Crippen molar-refractivity contribution < 1.29 is 9.53 Å². The van der Waals surface area contributed by atoms with E-state index in [1.807, 2.05) is 4.90 Å². The van der Waals surface area contributed by atoms with Crippen LogP contribution >= 0.6 is 23.1 Å². The minimum atomic E-state index is 0.0962. The Labute approximate surface area is 128 Å². The summed E-state index contributed by atoms with van der Waals surface area (Å²) in [6.07, 6.45) is 0.578. The summed E-state index contributed by atoms with van der Waals surface area (Å²) in [5.74, 6) is 1.03. The van der Waals surface area contributed by atoms with E-state index in [9.17, 15) is 4.79 Å². The van der Waals surface area contributed by atoms with Crippen molar-refractivity contribution in [3.63, 3.8) is 0 Å². The van der Waals surface area contributed by atoms with Crippen LogP contribution in [0.5, 0.6) is 0 Å². The third-order valence-electron chi connectivity index (χ3n) is 3.16. The lowest BCUT2D eigenvalue weighted by Gasteiger charge is -2.26. The molecular formula is C14H22N2O2S2. The first kappa shape index (κ1) is 15.8. The molecule has 1 amide bonds. The second-order valence-corrected chi connectivity index (χ2v) is 8.04. The van der Waals surface area contributed by atoms with Crippen LogP contribution in [-0.2, 0) is 14.9 Å². The average Bonchev–Trinajstić information content (AvgIpc) is 2.88. The summed E-state index contributed by atoms with van der Waals surface area (Å²) in [4.78, 5) is 18.5. The fourth-order valence-electron chi connectivity index (χ4n) is 1.86. The van der Waals surface area contributed by atoms with E-state index in [0.29, 0.717) is 19.6 Å². The van der Waals surface area contributed by atoms with Gasteiger partial charge in [-0.25, -0.2) is 4.98 Å². The number of hydrogen-bond donors (Lipinski definition) is 0. The minimum Gasteiger partial charge on any atom is -0.378 e. The zero-order valence-electron chi connectivity index (χ0n) is 12.3. The van der Waals surface area contributed by atoms with Crippen molar-refractivity contribution in [3.8, 4) is 0 Å². The number of aromatic nitrogens is 1. The van der Waals surface area contributed by atoms with Crippen LogP contribution in [0.25, 0.3) is 0 Å². The van der Waals surface area contributed by atoms with Crippen molar-refractivity contribution in [1.29, 1.82) is 0 Å². The smallest absolute Gasteiger partial charge is 0.223 e. The molecule has 6 heteroatoms. The first-order valence-corrected chi connectivity index (χ1v) is 8.77. The van der Waals surface area contributed by atoms with Gasteiger partial charge in [-0.2, -0.15) is 0 Å². The van der Waals surface area contributed by atoms with Gasteiger partial charge in [0.25, 0.3) is 0 Å². The van der Waals surface area contributed by atoms with Crippen LogP contribution in [0.4, 0.5) is 0 Å². The van der Waals surface area contributed by atoms with Crippen molar-refractivity contribution in [2.24, 2.45) is 0 Å². The Bertz CT molecular complexity index is 448. The molecule has 0 radical (unpaired) electrons. The topological polar surface area (TPSA) is 42.4 Å². The third-order valence-corrected chi connectivity index (χ3v) is 5.18. The molecule has 4 nitrogen and oxygen atoms in total. The Morgan fingerprint density at radius 1 is 1.45 bits per heavy atom. The molecule has 0 aromatic carbocycles. The van der Waals surface area contributed by atoms with Gasteiger partial charge in [0.05, 0.1) is 18.9 Å². The predicted molar refractivity (Wildman–Crippen MR) is 83.6 cm³/mol. The van der Waals surface area contributed by atoms with Gasteiger partial charge in [0.2, 0.25) is 5.91 Å². The van der Waals surface area contributed by atoms with Gasteiger partial charge < -0.3 is 9.64 Å². The quantitative estimate of drug-likeness (QED) is 0.802. The zero-order chi connectivity index (χ0) is 14.6. The van der Waals surface area contributed by atoms with E-state index in [2.05, 4.69) is 31.1 Å². The van der Waals surface area contributed by atoms with E-state index < -0.39 is 0 Å². The molecular weight excluding hydrogens is 292 g/mol. The number of hydrogen-bond acceptors (Lipinski definition) is 5. The maximum atomic E-state index is 12.0. The average molecular weight is 314 g/mol. The second-order valence-electron chi connectivity index (χ2n) is 5.84. The number of thioether (sulfide) groups is 1. The summed E-state index contributed by atoms with van der Waals surface area (Å²) >= 11 is 3.35. The molecule has 2 rings (SSSR count). The first-order chi connectivity index (χ1) is 9.47. The first-order valence-electron chi connectivity index (χ1n) is 6.91. The molecule has 1 saturated heterocycles. The zero-order valence-corrected chi connectivity index (χ0v) is 14.0. The highest BCUT2D eigenvalue weighted by molar-refractivity contribution is 8.01. The Morgan fingerprint density at radius 3 is 2.75 bits per heavy atom. The van der Waals surface area contributed by atoms with Gasteiger partial charge in [0.1, 0.15) is 4.34 Å². The standard InChI is InChI=1S/C14H22N2O2S2/c1-14(2,3)11-10-20-13(15-11)19-9-4-12(17)16-5-7-18-8-6-16/h10H,4-9H2,1-3H3. The summed E-state index contributed by atoms with van der Waals surface area (Å²) in [5, 5.41) is 2.12. The maximum absolute atomic E-state index is 12.0. The number of ether oxygens (including phenoxy) is 1. The van der Waals surface area contributed by atoms with Gasteiger partial charge in [-0.15, -0.1) is 11.3 Å². The lowest BCUT2D eigenvalue weighted by Crippen LogP contribution is -2.40.